The summed E-state index contributed by atoms with van der Waals surface area (Å²) >= 11 is 0. The van der Waals surface area contributed by atoms with Crippen LogP contribution in [-0.2, 0) is 16.1 Å². The molecule has 1 aliphatic heterocycles. The summed E-state index contributed by atoms with van der Waals surface area (Å²) in [6, 6.07) is 8.14. The largest absolute Gasteiger partial charge is 0.383 e. The Balaban J connectivity index is 0.00000420. The topological polar surface area (TPSA) is 69.2 Å². The van der Waals surface area contributed by atoms with Crippen LogP contribution in [0.5, 0.6) is 0 Å². The number of carbonyl (C=O) groups is 1. The van der Waals surface area contributed by atoms with E-state index in [0.717, 1.165) is 69.4 Å². The van der Waals surface area contributed by atoms with Gasteiger partial charge in [-0.25, -0.2) is 4.99 Å². The van der Waals surface area contributed by atoms with Crippen molar-refractivity contribution >= 4 is 41.5 Å². The highest BCUT2D eigenvalue weighted by atomic mass is 127. The molecule has 7 nitrogen and oxygen atoms in total. The first kappa shape index (κ1) is 25.6. The zero-order chi connectivity index (χ0) is 20.2. The summed E-state index contributed by atoms with van der Waals surface area (Å²) in [7, 11) is 3.84. The number of amides is 1. The molecule has 0 radical (unpaired) electrons. The number of guanidine groups is 1. The molecule has 0 atom stereocenters. The number of nitrogens with one attached hydrogen (secondary N) is 2. The van der Waals surface area contributed by atoms with Gasteiger partial charge in [0.2, 0.25) is 5.91 Å². The number of anilines is 1. The molecule has 29 heavy (non-hydrogen) atoms. The number of nitrogens with zero attached hydrogens (tertiary/aromatic N) is 3. The first-order valence-corrected chi connectivity index (χ1v) is 10.2. The standard InChI is InChI=1S/C21H35N5O2.HI/c1-4-22-21(23-12-6-13-25(2)15-16-28-3)24-17-18-8-10-19(11-9-18)26-14-5-7-20(26)27;/h8-11H,4-7,12-17H2,1-3H3,(H2,22,23,24);1H. The van der Waals surface area contributed by atoms with E-state index in [-0.39, 0.29) is 29.9 Å². The molecule has 164 valence electrons. The summed E-state index contributed by atoms with van der Waals surface area (Å²) in [6.45, 7) is 7.93. The van der Waals surface area contributed by atoms with Crippen LogP contribution in [0.3, 0.4) is 0 Å². The zero-order valence-electron chi connectivity index (χ0n) is 17.9. The molecule has 0 aromatic heterocycles. The maximum absolute atomic E-state index is 11.8. The number of carbonyl (C=O) groups excluding carboxylic acids is 1. The third kappa shape index (κ3) is 9.31. The summed E-state index contributed by atoms with van der Waals surface area (Å²) in [4.78, 5) is 20.6. The quantitative estimate of drug-likeness (QED) is 0.204. The van der Waals surface area contributed by atoms with Crippen molar-refractivity contribution in [2.75, 3.05) is 58.4 Å². The van der Waals surface area contributed by atoms with Gasteiger partial charge in [-0.2, -0.15) is 0 Å². The lowest BCUT2D eigenvalue weighted by Gasteiger charge is -2.17. The Hall–Kier alpha value is -1.39. The number of aliphatic imine (C=N–C) groups is 1. The molecule has 1 saturated heterocycles. The SMILES string of the molecule is CCNC(=NCc1ccc(N2CCCC2=O)cc1)NCCCN(C)CCOC.I. The molecule has 1 aliphatic rings. The highest BCUT2D eigenvalue weighted by molar-refractivity contribution is 14.0. The Labute approximate surface area is 192 Å². The number of likely N-dealkylation sites (N-methyl/N-ethyl adjacent to an activating group) is 1. The summed E-state index contributed by atoms with van der Waals surface area (Å²) in [5.41, 5.74) is 2.12. The molecule has 0 spiro atoms. The van der Waals surface area contributed by atoms with Gasteiger partial charge < -0.3 is 25.2 Å². The first-order chi connectivity index (χ1) is 13.6. The van der Waals surface area contributed by atoms with Crippen molar-refractivity contribution in [2.45, 2.75) is 32.7 Å². The van der Waals surface area contributed by atoms with Crippen LogP contribution in [-0.4, -0.2) is 70.3 Å². The molecule has 0 saturated carbocycles. The predicted molar refractivity (Wildman–Crippen MR) is 130 cm³/mol. The highest BCUT2D eigenvalue weighted by Gasteiger charge is 2.21. The summed E-state index contributed by atoms with van der Waals surface area (Å²) in [5.74, 6) is 1.05. The van der Waals surface area contributed by atoms with Crippen molar-refractivity contribution in [1.82, 2.24) is 15.5 Å². The number of rotatable bonds is 11. The van der Waals surface area contributed by atoms with Crippen LogP contribution in [0.25, 0.3) is 0 Å². The normalized spacial score (nSPS) is 14.3. The Kier molecular flexibility index (Phi) is 12.9. The van der Waals surface area contributed by atoms with Crippen LogP contribution >= 0.6 is 24.0 Å². The fourth-order valence-corrected chi connectivity index (χ4v) is 3.13. The highest BCUT2D eigenvalue weighted by Crippen LogP contribution is 2.21. The third-order valence-electron chi connectivity index (χ3n) is 4.77. The van der Waals surface area contributed by atoms with Crippen LogP contribution in [0, 0.1) is 0 Å². The Morgan fingerprint density at radius 2 is 2.00 bits per heavy atom. The lowest BCUT2D eigenvalue weighted by Crippen LogP contribution is -2.38. The zero-order valence-corrected chi connectivity index (χ0v) is 20.3. The maximum atomic E-state index is 11.8. The molecule has 0 bridgehead atoms. The third-order valence-corrected chi connectivity index (χ3v) is 4.77. The van der Waals surface area contributed by atoms with E-state index in [4.69, 9.17) is 4.74 Å². The molecule has 1 aromatic rings. The maximum Gasteiger partial charge on any atom is 0.227 e. The van der Waals surface area contributed by atoms with E-state index < -0.39 is 0 Å². The van der Waals surface area contributed by atoms with E-state index in [0.29, 0.717) is 13.0 Å². The molecule has 1 heterocycles. The second kappa shape index (κ2) is 14.6. The van der Waals surface area contributed by atoms with Gasteiger partial charge >= 0.3 is 0 Å². The van der Waals surface area contributed by atoms with E-state index in [1.54, 1.807) is 7.11 Å². The molecule has 0 unspecified atom stereocenters. The van der Waals surface area contributed by atoms with Crippen molar-refractivity contribution in [1.29, 1.82) is 0 Å². The van der Waals surface area contributed by atoms with Crippen molar-refractivity contribution in [3.8, 4) is 0 Å². The van der Waals surface area contributed by atoms with Crippen molar-refractivity contribution in [3.05, 3.63) is 29.8 Å². The second-order valence-electron chi connectivity index (χ2n) is 7.09. The van der Waals surface area contributed by atoms with E-state index >= 15 is 0 Å². The van der Waals surface area contributed by atoms with Crippen molar-refractivity contribution < 1.29 is 9.53 Å². The van der Waals surface area contributed by atoms with Crippen LogP contribution in [0.4, 0.5) is 5.69 Å². The molecule has 2 N–H and O–H groups in total. The Bertz CT molecular complexity index is 624. The van der Waals surface area contributed by atoms with Gasteiger partial charge in [-0.15, -0.1) is 24.0 Å². The molecule has 8 heteroatoms. The molecule has 1 aromatic carbocycles. The predicted octanol–water partition coefficient (Wildman–Crippen LogP) is 2.45. The van der Waals surface area contributed by atoms with Crippen LogP contribution < -0.4 is 15.5 Å². The minimum atomic E-state index is 0. The lowest BCUT2D eigenvalue weighted by molar-refractivity contribution is -0.117. The van der Waals surface area contributed by atoms with Crippen LogP contribution in [0.2, 0.25) is 0 Å². The van der Waals surface area contributed by atoms with Gasteiger partial charge in [0.05, 0.1) is 13.2 Å². The summed E-state index contributed by atoms with van der Waals surface area (Å²) in [6.07, 6.45) is 2.65. The average Bonchev–Trinajstić information content (AvgIpc) is 3.14. The van der Waals surface area contributed by atoms with Gasteiger partial charge in [0.1, 0.15) is 0 Å². The van der Waals surface area contributed by atoms with Crippen LogP contribution in [0.15, 0.2) is 29.3 Å². The average molecular weight is 517 g/mol. The number of halogens is 1. The monoisotopic (exact) mass is 517 g/mol. The molecular weight excluding hydrogens is 481 g/mol. The minimum absolute atomic E-state index is 0. The van der Waals surface area contributed by atoms with Crippen molar-refractivity contribution in [2.24, 2.45) is 4.99 Å². The molecule has 1 fully saturated rings. The van der Waals surface area contributed by atoms with Gasteiger partial charge in [0.25, 0.3) is 0 Å². The summed E-state index contributed by atoms with van der Waals surface area (Å²) in [5, 5.41) is 6.68. The number of hydrogen-bond donors (Lipinski definition) is 2. The first-order valence-electron chi connectivity index (χ1n) is 10.2. The molecule has 0 aliphatic carbocycles. The van der Waals surface area contributed by atoms with Gasteiger partial charge in [-0.05, 0) is 51.1 Å². The van der Waals surface area contributed by atoms with E-state index in [2.05, 4.69) is 46.6 Å². The Morgan fingerprint density at radius 1 is 1.24 bits per heavy atom. The van der Waals surface area contributed by atoms with Gasteiger partial charge in [-0.3, -0.25) is 4.79 Å². The fourth-order valence-electron chi connectivity index (χ4n) is 3.13. The van der Waals surface area contributed by atoms with Gasteiger partial charge in [0.15, 0.2) is 5.96 Å². The summed E-state index contributed by atoms with van der Waals surface area (Å²) < 4.78 is 5.10. The minimum Gasteiger partial charge on any atom is -0.383 e. The van der Waals surface area contributed by atoms with E-state index in [9.17, 15) is 4.79 Å². The van der Waals surface area contributed by atoms with Gasteiger partial charge in [0, 0.05) is 45.4 Å². The van der Waals surface area contributed by atoms with E-state index in [1.165, 1.54) is 0 Å². The fraction of sp³-hybridized carbons (Fsp3) is 0.619. The number of hydrogen-bond acceptors (Lipinski definition) is 4. The smallest absolute Gasteiger partial charge is 0.227 e. The molecule has 1 amide bonds. The van der Waals surface area contributed by atoms with Crippen LogP contribution in [0.1, 0.15) is 31.7 Å². The number of methoxy groups -OCH3 is 1. The van der Waals surface area contributed by atoms with Gasteiger partial charge in [-0.1, -0.05) is 12.1 Å². The van der Waals surface area contributed by atoms with E-state index in [1.807, 2.05) is 17.0 Å². The second-order valence-corrected chi connectivity index (χ2v) is 7.09. The number of benzene rings is 1. The molecular formula is C21H36IN5O2. The van der Waals surface area contributed by atoms with Crippen molar-refractivity contribution in [3.63, 3.8) is 0 Å². The molecule has 2 rings (SSSR count). The lowest BCUT2D eigenvalue weighted by atomic mass is 10.2. The Morgan fingerprint density at radius 3 is 2.62 bits per heavy atom. The number of ether oxygens (including phenoxy) is 1.